The van der Waals surface area contributed by atoms with Crippen LogP contribution in [0, 0.1) is 11.7 Å². The second kappa shape index (κ2) is 7.34. The number of likely N-dealkylation sites (tertiary alicyclic amines) is 2. The zero-order valence-electron chi connectivity index (χ0n) is 14.8. The van der Waals surface area contributed by atoms with Gasteiger partial charge in [0, 0.05) is 19.2 Å². The van der Waals surface area contributed by atoms with E-state index in [1.807, 2.05) is 18.2 Å². The predicted molar refractivity (Wildman–Crippen MR) is 95.2 cm³/mol. The van der Waals surface area contributed by atoms with Crippen molar-refractivity contribution in [1.29, 1.82) is 0 Å². The van der Waals surface area contributed by atoms with Crippen molar-refractivity contribution in [3.63, 3.8) is 0 Å². The summed E-state index contributed by atoms with van der Waals surface area (Å²) in [6.07, 6.45) is 1.70. The van der Waals surface area contributed by atoms with Crippen LogP contribution in [0.15, 0.2) is 48.7 Å². The highest BCUT2D eigenvalue weighted by Crippen LogP contribution is 2.26. The lowest BCUT2D eigenvalue weighted by atomic mass is 10.0. The quantitative estimate of drug-likeness (QED) is 0.807. The number of hydrogen-bond donors (Lipinski definition) is 0. The van der Waals surface area contributed by atoms with Crippen LogP contribution in [-0.2, 0) is 16.1 Å². The molecule has 0 spiro atoms. The van der Waals surface area contributed by atoms with Crippen molar-refractivity contribution in [3.05, 3.63) is 60.2 Å². The van der Waals surface area contributed by atoms with Gasteiger partial charge in [0.2, 0.25) is 11.8 Å². The number of benzene rings is 1. The van der Waals surface area contributed by atoms with E-state index in [9.17, 15) is 14.0 Å². The van der Waals surface area contributed by atoms with Crippen molar-refractivity contribution in [2.45, 2.75) is 19.1 Å². The third-order valence-electron chi connectivity index (χ3n) is 4.93. The molecule has 0 aliphatic carbocycles. The van der Waals surface area contributed by atoms with Gasteiger partial charge in [-0.25, -0.2) is 4.39 Å². The molecule has 0 unspecified atom stereocenters. The van der Waals surface area contributed by atoms with Crippen molar-refractivity contribution in [1.82, 2.24) is 14.8 Å². The Morgan fingerprint density at radius 1 is 1.15 bits per heavy atom. The summed E-state index contributed by atoms with van der Waals surface area (Å²) in [6, 6.07) is 11.8. The van der Waals surface area contributed by atoms with Gasteiger partial charge in [0.15, 0.2) is 11.6 Å². The zero-order chi connectivity index (χ0) is 18.8. The van der Waals surface area contributed by atoms with Gasteiger partial charge in [-0.2, -0.15) is 0 Å². The summed E-state index contributed by atoms with van der Waals surface area (Å²) in [5, 5.41) is 0. The van der Waals surface area contributed by atoms with Gasteiger partial charge in [-0.1, -0.05) is 18.2 Å². The van der Waals surface area contributed by atoms with Crippen molar-refractivity contribution in [2.75, 3.05) is 19.6 Å². The van der Waals surface area contributed by atoms with Crippen LogP contribution in [0.3, 0.4) is 0 Å². The molecule has 2 amide bonds. The number of aromatic nitrogens is 1. The summed E-state index contributed by atoms with van der Waals surface area (Å²) in [7, 11) is 0. The maximum Gasteiger partial charge on any atom is 0.228 e. The number of nitrogens with zero attached hydrogens (tertiary/aromatic N) is 3. The van der Waals surface area contributed by atoms with E-state index >= 15 is 0 Å². The minimum absolute atomic E-state index is 0.0290. The van der Waals surface area contributed by atoms with Gasteiger partial charge in [0.25, 0.3) is 0 Å². The molecule has 2 fully saturated rings. The average molecular weight is 369 g/mol. The molecule has 140 valence electrons. The Bertz CT molecular complexity index is 839. The van der Waals surface area contributed by atoms with Gasteiger partial charge in [0.1, 0.15) is 6.10 Å². The minimum atomic E-state index is -0.408. The number of pyridine rings is 1. The zero-order valence-corrected chi connectivity index (χ0v) is 14.8. The van der Waals surface area contributed by atoms with Crippen LogP contribution in [0.25, 0.3) is 0 Å². The van der Waals surface area contributed by atoms with E-state index in [4.69, 9.17) is 4.74 Å². The summed E-state index contributed by atoms with van der Waals surface area (Å²) in [4.78, 5) is 32.4. The van der Waals surface area contributed by atoms with Gasteiger partial charge in [0.05, 0.1) is 31.2 Å². The SMILES string of the molecule is O=C1C[C@H](C(=O)N2CC(Oc3ccccc3F)C2)CN1Cc1ccccn1. The molecule has 1 aromatic heterocycles. The van der Waals surface area contributed by atoms with Crippen molar-refractivity contribution < 1.29 is 18.7 Å². The highest BCUT2D eigenvalue weighted by Gasteiger charge is 2.41. The molecule has 2 saturated heterocycles. The molecular formula is C20H20FN3O3. The first-order chi connectivity index (χ1) is 13.1. The number of para-hydroxylation sites is 1. The maximum absolute atomic E-state index is 13.6. The molecule has 0 radical (unpaired) electrons. The summed E-state index contributed by atoms with van der Waals surface area (Å²) in [5.41, 5.74) is 0.807. The smallest absolute Gasteiger partial charge is 0.228 e. The highest BCUT2D eigenvalue weighted by molar-refractivity contribution is 5.89. The Kier molecular flexibility index (Phi) is 4.75. The average Bonchev–Trinajstić information content (AvgIpc) is 3.00. The van der Waals surface area contributed by atoms with Crippen LogP contribution in [0.1, 0.15) is 12.1 Å². The fourth-order valence-electron chi connectivity index (χ4n) is 3.45. The largest absolute Gasteiger partial charge is 0.484 e. The van der Waals surface area contributed by atoms with E-state index in [-0.39, 0.29) is 36.0 Å². The molecule has 3 heterocycles. The molecule has 7 heteroatoms. The van der Waals surface area contributed by atoms with E-state index in [0.717, 1.165) is 5.69 Å². The molecule has 6 nitrogen and oxygen atoms in total. The van der Waals surface area contributed by atoms with Crippen LogP contribution in [0.4, 0.5) is 4.39 Å². The van der Waals surface area contributed by atoms with Crippen LogP contribution in [0.2, 0.25) is 0 Å². The molecule has 2 aromatic rings. The third-order valence-corrected chi connectivity index (χ3v) is 4.93. The predicted octanol–water partition coefficient (Wildman–Crippen LogP) is 1.86. The van der Waals surface area contributed by atoms with Crippen LogP contribution in [-0.4, -0.2) is 52.3 Å². The fraction of sp³-hybridized carbons (Fsp3) is 0.350. The van der Waals surface area contributed by atoms with Crippen LogP contribution in [0.5, 0.6) is 5.75 Å². The maximum atomic E-state index is 13.6. The highest BCUT2D eigenvalue weighted by atomic mass is 19.1. The first-order valence-electron chi connectivity index (χ1n) is 8.98. The van der Waals surface area contributed by atoms with Crippen molar-refractivity contribution >= 4 is 11.8 Å². The Labute approximate surface area is 156 Å². The number of carbonyl (C=O) groups excluding carboxylic acids is 2. The van der Waals surface area contributed by atoms with Gasteiger partial charge >= 0.3 is 0 Å². The van der Waals surface area contributed by atoms with E-state index in [0.29, 0.717) is 26.2 Å². The number of ether oxygens (including phenoxy) is 1. The molecule has 0 bridgehead atoms. The molecule has 4 rings (SSSR count). The summed E-state index contributed by atoms with van der Waals surface area (Å²) < 4.78 is 19.2. The molecular weight excluding hydrogens is 349 g/mol. The number of halogens is 1. The number of carbonyl (C=O) groups is 2. The lowest BCUT2D eigenvalue weighted by Gasteiger charge is -2.40. The Balaban J connectivity index is 1.28. The number of rotatable bonds is 5. The minimum Gasteiger partial charge on any atom is -0.484 e. The lowest BCUT2D eigenvalue weighted by molar-refractivity contribution is -0.144. The van der Waals surface area contributed by atoms with Crippen LogP contribution < -0.4 is 4.74 Å². The molecule has 0 N–H and O–H groups in total. The molecule has 1 aromatic carbocycles. The molecule has 0 saturated carbocycles. The normalized spacial score (nSPS) is 19.9. The van der Waals surface area contributed by atoms with Crippen LogP contribution >= 0.6 is 0 Å². The van der Waals surface area contributed by atoms with E-state index in [1.54, 1.807) is 34.2 Å². The second-order valence-corrected chi connectivity index (χ2v) is 6.91. The Hall–Kier alpha value is -2.96. The van der Waals surface area contributed by atoms with E-state index < -0.39 is 5.82 Å². The monoisotopic (exact) mass is 369 g/mol. The lowest BCUT2D eigenvalue weighted by Crippen LogP contribution is -2.57. The molecule has 1 atom stereocenters. The van der Waals surface area contributed by atoms with Crippen molar-refractivity contribution in [3.8, 4) is 5.75 Å². The van der Waals surface area contributed by atoms with Gasteiger partial charge < -0.3 is 14.5 Å². The fourth-order valence-corrected chi connectivity index (χ4v) is 3.45. The van der Waals surface area contributed by atoms with Gasteiger partial charge in [-0.05, 0) is 24.3 Å². The number of amides is 2. The summed E-state index contributed by atoms with van der Waals surface area (Å²) >= 11 is 0. The topological polar surface area (TPSA) is 62.7 Å². The molecule has 2 aliphatic rings. The van der Waals surface area contributed by atoms with Gasteiger partial charge in [-0.15, -0.1) is 0 Å². The standard InChI is InChI=1S/C20H20FN3O3/c21-17-6-1-2-7-18(17)27-16-12-24(13-16)20(26)14-9-19(25)23(10-14)11-15-5-3-4-8-22-15/h1-8,14,16H,9-13H2/t14-/m0/s1. The van der Waals surface area contributed by atoms with E-state index in [2.05, 4.69) is 4.98 Å². The Morgan fingerprint density at radius 3 is 2.67 bits per heavy atom. The van der Waals surface area contributed by atoms with Crippen molar-refractivity contribution in [2.24, 2.45) is 5.92 Å². The summed E-state index contributed by atoms with van der Waals surface area (Å²) in [6.45, 7) is 1.66. The Morgan fingerprint density at radius 2 is 1.93 bits per heavy atom. The first kappa shape index (κ1) is 17.5. The summed E-state index contributed by atoms with van der Waals surface area (Å²) in [5.74, 6) is -0.615. The third kappa shape index (κ3) is 3.77. The first-order valence-corrected chi connectivity index (χ1v) is 8.98. The molecule has 2 aliphatic heterocycles. The second-order valence-electron chi connectivity index (χ2n) is 6.91. The van der Waals surface area contributed by atoms with E-state index in [1.165, 1.54) is 6.07 Å². The van der Waals surface area contributed by atoms with Gasteiger partial charge in [-0.3, -0.25) is 14.6 Å². The molecule has 27 heavy (non-hydrogen) atoms. The number of hydrogen-bond acceptors (Lipinski definition) is 4.